The number of phenols is 1. The molecule has 3 heterocycles. The van der Waals surface area contributed by atoms with Crippen molar-refractivity contribution in [3.8, 4) is 16.9 Å². The number of nitrogens with zero attached hydrogens (tertiary/aromatic N) is 6. The number of alkyl halides is 1. The molecular formula is C28H31FN6O7. The smallest absolute Gasteiger partial charge is 0.417 e. The van der Waals surface area contributed by atoms with E-state index in [-0.39, 0.29) is 29.8 Å². The van der Waals surface area contributed by atoms with Crippen LogP contribution in [0.3, 0.4) is 0 Å². The number of hydrogen-bond acceptors (Lipinski definition) is 10. The maximum atomic E-state index is 14.3. The summed E-state index contributed by atoms with van der Waals surface area (Å²) in [5, 5.41) is 21.3. The molecule has 0 unspecified atom stereocenters. The van der Waals surface area contributed by atoms with Crippen molar-refractivity contribution in [2.45, 2.75) is 65.4 Å². The molecule has 0 bridgehead atoms. The molecule has 2 aromatic heterocycles. The van der Waals surface area contributed by atoms with Crippen molar-refractivity contribution >= 4 is 29.6 Å². The number of hydrogen-bond donors (Lipinski definition) is 1. The lowest BCUT2D eigenvalue weighted by atomic mass is 10.00. The number of ether oxygens (including phenoxy) is 2. The molecule has 0 aliphatic carbocycles. The summed E-state index contributed by atoms with van der Waals surface area (Å²) in [6, 6.07) is 5.16. The highest BCUT2D eigenvalue weighted by Crippen LogP contribution is 2.34. The van der Waals surface area contributed by atoms with Gasteiger partial charge in [0.15, 0.2) is 0 Å². The van der Waals surface area contributed by atoms with Gasteiger partial charge >= 0.3 is 12.2 Å². The first-order valence-corrected chi connectivity index (χ1v) is 13.1. The molecule has 1 fully saturated rings. The van der Waals surface area contributed by atoms with Crippen LogP contribution in [0.25, 0.3) is 11.1 Å². The fourth-order valence-electron chi connectivity index (χ4n) is 4.45. The number of aromatic hydroxyl groups is 1. The zero-order chi connectivity index (χ0) is 30.9. The van der Waals surface area contributed by atoms with Crippen molar-refractivity contribution in [3.05, 3.63) is 64.1 Å². The van der Waals surface area contributed by atoms with Crippen LogP contribution in [0, 0.1) is 17.0 Å². The molecule has 1 aliphatic heterocycles. The Bertz CT molecular complexity index is 1530. The lowest BCUT2D eigenvalue weighted by molar-refractivity contribution is -0.384. The molecule has 4 rings (SSSR count). The Labute approximate surface area is 241 Å². The van der Waals surface area contributed by atoms with Gasteiger partial charge in [-0.25, -0.2) is 23.9 Å². The topological polar surface area (TPSA) is 161 Å². The maximum Gasteiger partial charge on any atom is 0.417 e. The van der Waals surface area contributed by atoms with E-state index >= 15 is 0 Å². The van der Waals surface area contributed by atoms with Crippen molar-refractivity contribution in [2.24, 2.45) is 0 Å². The molecule has 0 spiro atoms. The van der Waals surface area contributed by atoms with E-state index < -0.39 is 41.0 Å². The normalized spacial score (nSPS) is 16.5. The van der Waals surface area contributed by atoms with Gasteiger partial charge in [0.05, 0.1) is 22.7 Å². The number of halogens is 1. The predicted molar refractivity (Wildman–Crippen MR) is 150 cm³/mol. The van der Waals surface area contributed by atoms with E-state index in [4.69, 9.17) is 9.47 Å². The highest BCUT2D eigenvalue weighted by molar-refractivity contribution is 5.90. The zero-order valence-corrected chi connectivity index (χ0v) is 23.9. The molecule has 0 saturated carbocycles. The fraction of sp³-hybridized carbons (Fsp3) is 0.393. The fourth-order valence-corrected chi connectivity index (χ4v) is 4.45. The Hall–Kier alpha value is -4.88. The lowest BCUT2D eigenvalue weighted by Crippen LogP contribution is -2.41. The largest absolute Gasteiger partial charge is 0.508 e. The van der Waals surface area contributed by atoms with Crippen LogP contribution in [-0.4, -0.2) is 61.6 Å². The van der Waals surface area contributed by atoms with Gasteiger partial charge in [-0.15, -0.1) is 0 Å². The molecule has 3 atom stereocenters. The van der Waals surface area contributed by atoms with Crippen molar-refractivity contribution in [1.82, 2.24) is 15.0 Å². The standard InChI is InChI=1S/C28H31FN6O7/c1-15-9-22(31-13-21(15)18-10-19(35(39)40)12-20(36)11-18)17(3)33(27(38)42-28(4,5)6)25-30-8-7-24(32-25)34-23(16(2)29)14-41-26(34)37/h7-13,16-17,23,36H,14H2,1-6H3/t16-,17-,23+/m0/s1. The van der Waals surface area contributed by atoms with Crippen LogP contribution in [0.15, 0.2) is 42.7 Å². The summed E-state index contributed by atoms with van der Waals surface area (Å²) in [4.78, 5) is 52.0. The highest BCUT2D eigenvalue weighted by Gasteiger charge is 2.40. The SMILES string of the molecule is Cc1cc([C@H](C)N(C(=O)OC(C)(C)C)c2nccc(N3C(=O)OC[C@@H]3[C@H](C)F)n2)ncc1-c1cc(O)cc([N+](=O)[O-])c1. The zero-order valence-electron chi connectivity index (χ0n) is 23.9. The van der Waals surface area contributed by atoms with Gasteiger partial charge < -0.3 is 14.6 Å². The molecule has 1 N–H and O–H groups in total. The molecule has 1 saturated heterocycles. The second-order valence-corrected chi connectivity index (χ2v) is 10.9. The van der Waals surface area contributed by atoms with E-state index in [1.165, 1.54) is 42.4 Å². The van der Waals surface area contributed by atoms with Crippen LogP contribution in [-0.2, 0) is 9.47 Å². The number of aryl methyl sites for hydroxylation is 1. The van der Waals surface area contributed by atoms with Gasteiger partial charge in [-0.2, -0.15) is 4.98 Å². The number of amides is 2. The molecule has 1 aliphatic rings. The van der Waals surface area contributed by atoms with Gasteiger partial charge in [0.2, 0.25) is 5.95 Å². The molecule has 1 aromatic carbocycles. The molecule has 42 heavy (non-hydrogen) atoms. The average Bonchev–Trinajstić information content (AvgIpc) is 3.29. The summed E-state index contributed by atoms with van der Waals surface area (Å²) < 4.78 is 24.9. The van der Waals surface area contributed by atoms with E-state index in [1.54, 1.807) is 40.7 Å². The summed E-state index contributed by atoms with van der Waals surface area (Å²) in [5.74, 6) is -0.343. The third-order valence-corrected chi connectivity index (χ3v) is 6.49. The molecule has 0 radical (unpaired) electrons. The van der Waals surface area contributed by atoms with E-state index in [0.717, 1.165) is 11.0 Å². The number of benzene rings is 1. The highest BCUT2D eigenvalue weighted by atomic mass is 19.1. The Morgan fingerprint density at radius 2 is 1.98 bits per heavy atom. The molecule has 3 aromatic rings. The van der Waals surface area contributed by atoms with Crippen molar-refractivity contribution < 1.29 is 33.5 Å². The Morgan fingerprint density at radius 1 is 1.26 bits per heavy atom. The van der Waals surface area contributed by atoms with Gasteiger partial charge in [0, 0.05) is 24.0 Å². The summed E-state index contributed by atoms with van der Waals surface area (Å²) in [6.45, 7) is 9.69. The van der Waals surface area contributed by atoms with Crippen LogP contribution in [0.4, 0.5) is 31.4 Å². The molecular weight excluding hydrogens is 551 g/mol. The van der Waals surface area contributed by atoms with Crippen molar-refractivity contribution in [2.75, 3.05) is 16.4 Å². The third kappa shape index (κ3) is 6.37. The number of nitro groups is 1. The predicted octanol–water partition coefficient (Wildman–Crippen LogP) is 5.65. The second-order valence-electron chi connectivity index (χ2n) is 10.9. The van der Waals surface area contributed by atoms with Crippen LogP contribution in [0.2, 0.25) is 0 Å². The minimum atomic E-state index is -1.41. The summed E-state index contributed by atoms with van der Waals surface area (Å²) in [6.07, 6.45) is -0.152. The first-order valence-electron chi connectivity index (χ1n) is 13.1. The van der Waals surface area contributed by atoms with E-state index in [2.05, 4.69) is 15.0 Å². The number of nitro benzene ring substituents is 1. The summed E-state index contributed by atoms with van der Waals surface area (Å²) >= 11 is 0. The van der Waals surface area contributed by atoms with Crippen LogP contribution in [0.1, 0.15) is 51.9 Å². The monoisotopic (exact) mass is 582 g/mol. The molecule has 14 heteroatoms. The number of carbonyl (C=O) groups excluding carboxylic acids is 2. The molecule has 2 amide bonds. The number of aromatic nitrogens is 3. The van der Waals surface area contributed by atoms with E-state index in [1.807, 2.05) is 0 Å². The van der Waals surface area contributed by atoms with Gasteiger partial charge in [0.1, 0.15) is 36.0 Å². The summed E-state index contributed by atoms with van der Waals surface area (Å²) in [7, 11) is 0. The Balaban J connectivity index is 1.75. The number of anilines is 2. The minimum absolute atomic E-state index is 0.0442. The number of cyclic esters (lactones) is 1. The second kappa shape index (κ2) is 11.5. The van der Waals surface area contributed by atoms with E-state index in [0.29, 0.717) is 22.4 Å². The third-order valence-electron chi connectivity index (χ3n) is 6.49. The maximum absolute atomic E-state index is 14.3. The van der Waals surface area contributed by atoms with Gasteiger partial charge in [-0.05, 0) is 70.9 Å². The van der Waals surface area contributed by atoms with Crippen LogP contribution < -0.4 is 9.80 Å². The van der Waals surface area contributed by atoms with Gasteiger partial charge in [-0.3, -0.25) is 20.0 Å². The average molecular weight is 583 g/mol. The number of phenolic OH excluding ortho intramolecular Hbond substituents is 1. The summed E-state index contributed by atoms with van der Waals surface area (Å²) in [5.41, 5.74) is 0.830. The molecule has 222 valence electrons. The first-order chi connectivity index (χ1) is 19.7. The first kappa shape index (κ1) is 30.1. The lowest BCUT2D eigenvalue weighted by Gasteiger charge is -2.31. The van der Waals surface area contributed by atoms with Crippen LogP contribution >= 0.6 is 0 Å². The minimum Gasteiger partial charge on any atom is -0.508 e. The number of carbonyl (C=O) groups is 2. The van der Waals surface area contributed by atoms with Gasteiger partial charge in [0.25, 0.3) is 5.69 Å². The number of pyridine rings is 1. The van der Waals surface area contributed by atoms with Gasteiger partial charge in [-0.1, -0.05) is 0 Å². The Kier molecular flexibility index (Phi) is 8.27. The Morgan fingerprint density at radius 3 is 2.60 bits per heavy atom. The number of rotatable bonds is 7. The quantitative estimate of drug-likeness (QED) is 0.272. The molecule has 13 nitrogen and oxygen atoms in total. The van der Waals surface area contributed by atoms with Crippen molar-refractivity contribution in [3.63, 3.8) is 0 Å². The number of non-ortho nitro benzene ring substituents is 1. The van der Waals surface area contributed by atoms with Crippen molar-refractivity contribution in [1.29, 1.82) is 0 Å². The van der Waals surface area contributed by atoms with E-state index in [9.17, 15) is 29.2 Å². The van der Waals surface area contributed by atoms with Crippen LogP contribution in [0.5, 0.6) is 5.75 Å².